The zero-order valence-corrected chi connectivity index (χ0v) is 19.9. The van der Waals surface area contributed by atoms with E-state index in [1.165, 1.54) is 0 Å². The first kappa shape index (κ1) is 26.8. The second-order valence-corrected chi connectivity index (χ2v) is 8.73. The van der Waals surface area contributed by atoms with Crippen LogP contribution in [-0.4, -0.2) is 71.2 Å². The van der Waals surface area contributed by atoms with Gasteiger partial charge in [0.1, 0.15) is 18.1 Å². The Kier molecular flexibility index (Phi) is 9.96. The van der Waals surface area contributed by atoms with E-state index in [1.54, 1.807) is 24.3 Å². The summed E-state index contributed by atoms with van der Waals surface area (Å²) in [6.45, 7) is -0.0727. The highest BCUT2D eigenvalue weighted by Crippen LogP contribution is 2.09. The topological polar surface area (TPSA) is 157 Å². The molecule has 10 heteroatoms. The van der Waals surface area contributed by atoms with Crippen molar-refractivity contribution in [3.05, 3.63) is 71.8 Å². The first-order valence-corrected chi connectivity index (χ1v) is 11.9. The highest BCUT2D eigenvalue weighted by molar-refractivity contribution is 5.94. The number of amides is 3. The highest BCUT2D eigenvalue weighted by atomic mass is 16.4. The molecular formula is C26H32N4O6. The standard InChI is InChI=1S/C26H32N4O6/c31-16-22(26(35)36)30-25(34)21(15-18-10-5-2-6-11-18)29-24(33)20(14-17-8-3-1-4-9-17)28-23(32)19-12-7-13-27-19/h1-6,8-11,19-22,27,31H,7,12-16H2,(H,28,32)(H,29,33)(H,30,34)(H,35,36). The van der Waals surface area contributed by atoms with E-state index in [9.17, 15) is 29.4 Å². The van der Waals surface area contributed by atoms with Gasteiger partial charge in [0.2, 0.25) is 17.7 Å². The van der Waals surface area contributed by atoms with Crippen molar-refractivity contribution in [1.82, 2.24) is 21.3 Å². The van der Waals surface area contributed by atoms with Gasteiger partial charge in [0.25, 0.3) is 0 Å². The summed E-state index contributed by atoms with van der Waals surface area (Å²) in [6.07, 6.45) is 1.83. The molecule has 3 rings (SSSR count). The van der Waals surface area contributed by atoms with Crippen LogP contribution in [0, 0.1) is 0 Å². The minimum absolute atomic E-state index is 0.0896. The van der Waals surface area contributed by atoms with Crippen molar-refractivity contribution in [3.8, 4) is 0 Å². The number of rotatable bonds is 12. The predicted molar refractivity (Wildman–Crippen MR) is 132 cm³/mol. The van der Waals surface area contributed by atoms with Gasteiger partial charge < -0.3 is 31.5 Å². The van der Waals surface area contributed by atoms with Gasteiger partial charge in [-0.15, -0.1) is 0 Å². The van der Waals surface area contributed by atoms with Gasteiger partial charge in [-0.1, -0.05) is 60.7 Å². The number of benzene rings is 2. The average Bonchev–Trinajstić information content (AvgIpc) is 3.42. The largest absolute Gasteiger partial charge is 0.480 e. The van der Waals surface area contributed by atoms with Gasteiger partial charge in [-0.05, 0) is 30.5 Å². The fourth-order valence-corrected chi connectivity index (χ4v) is 4.03. The van der Waals surface area contributed by atoms with Crippen molar-refractivity contribution < 1.29 is 29.4 Å². The minimum Gasteiger partial charge on any atom is -0.480 e. The molecular weight excluding hydrogens is 464 g/mol. The van der Waals surface area contributed by atoms with Crippen LogP contribution in [0.2, 0.25) is 0 Å². The molecule has 0 spiro atoms. The van der Waals surface area contributed by atoms with Crippen molar-refractivity contribution in [3.63, 3.8) is 0 Å². The van der Waals surface area contributed by atoms with Gasteiger partial charge in [-0.3, -0.25) is 14.4 Å². The molecule has 0 saturated carbocycles. The number of aliphatic hydroxyl groups is 1. The van der Waals surface area contributed by atoms with E-state index in [0.717, 1.165) is 24.1 Å². The molecule has 1 aliphatic heterocycles. The van der Waals surface area contributed by atoms with Crippen molar-refractivity contribution in [1.29, 1.82) is 0 Å². The molecule has 0 radical (unpaired) electrons. The molecule has 1 heterocycles. The summed E-state index contributed by atoms with van der Waals surface area (Å²) < 4.78 is 0. The zero-order valence-electron chi connectivity index (χ0n) is 19.9. The Morgan fingerprint density at radius 2 is 1.31 bits per heavy atom. The van der Waals surface area contributed by atoms with Crippen LogP contribution in [0.4, 0.5) is 0 Å². The highest BCUT2D eigenvalue weighted by Gasteiger charge is 2.31. The Morgan fingerprint density at radius 1 is 0.806 bits per heavy atom. The summed E-state index contributed by atoms with van der Waals surface area (Å²) >= 11 is 0. The quantitative estimate of drug-likeness (QED) is 0.237. The Labute approximate surface area is 209 Å². The first-order chi connectivity index (χ1) is 17.4. The summed E-state index contributed by atoms with van der Waals surface area (Å²) in [5, 5.41) is 29.4. The maximum absolute atomic E-state index is 13.4. The number of carbonyl (C=O) groups excluding carboxylic acids is 3. The third kappa shape index (κ3) is 7.89. The molecule has 1 fully saturated rings. The molecule has 4 unspecified atom stereocenters. The van der Waals surface area contributed by atoms with Crippen LogP contribution in [0.5, 0.6) is 0 Å². The summed E-state index contributed by atoms with van der Waals surface area (Å²) in [7, 11) is 0. The number of hydrogen-bond acceptors (Lipinski definition) is 6. The van der Waals surface area contributed by atoms with Crippen molar-refractivity contribution in [2.75, 3.05) is 13.2 Å². The predicted octanol–water partition coefficient (Wildman–Crippen LogP) is -0.245. The van der Waals surface area contributed by atoms with E-state index < -0.39 is 42.5 Å². The van der Waals surface area contributed by atoms with Crippen LogP contribution in [0.3, 0.4) is 0 Å². The van der Waals surface area contributed by atoms with E-state index in [1.807, 2.05) is 36.4 Å². The van der Waals surface area contributed by atoms with Crippen LogP contribution < -0.4 is 21.3 Å². The number of carboxylic acids is 1. The molecule has 2 aromatic carbocycles. The molecule has 10 nitrogen and oxygen atoms in total. The van der Waals surface area contributed by atoms with Crippen LogP contribution >= 0.6 is 0 Å². The SMILES string of the molecule is O=C(O)C(CO)NC(=O)C(Cc1ccccc1)NC(=O)C(Cc1ccccc1)NC(=O)C1CCCN1. The summed E-state index contributed by atoms with van der Waals surface area (Å²) in [5.41, 5.74) is 1.57. The lowest BCUT2D eigenvalue weighted by Crippen LogP contribution is -2.58. The van der Waals surface area contributed by atoms with Crippen LogP contribution in [0.1, 0.15) is 24.0 Å². The summed E-state index contributed by atoms with van der Waals surface area (Å²) in [5.74, 6) is -3.01. The molecule has 0 aliphatic carbocycles. The smallest absolute Gasteiger partial charge is 0.328 e. The van der Waals surface area contributed by atoms with Crippen molar-refractivity contribution in [2.24, 2.45) is 0 Å². The normalized spacial score (nSPS) is 17.4. The summed E-state index contributed by atoms with van der Waals surface area (Å²) in [6, 6.07) is 14.1. The van der Waals surface area contributed by atoms with Gasteiger partial charge in [0.05, 0.1) is 12.6 Å². The molecule has 0 aromatic heterocycles. The van der Waals surface area contributed by atoms with E-state index in [2.05, 4.69) is 21.3 Å². The molecule has 1 saturated heterocycles. The van der Waals surface area contributed by atoms with Crippen LogP contribution in [0.25, 0.3) is 0 Å². The van der Waals surface area contributed by atoms with Crippen molar-refractivity contribution >= 4 is 23.7 Å². The van der Waals surface area contributed by atoms with Crippen molar-refractivity contribution in [2.45, 2.75) is 49.9 Å². The Balaban J connectivity index is 1.79. The van der Waals surface area contributed by atoms with E-state index in [4.69, 9.17) is 0 Å². The number of carboxylic acid groups (broad SMARTS) is 1. The first-order valence-electron chi connectivity index (χ1n) is 11.9. The van der Waals surface area contributed by atoms with E-state index >= 15 is 0 Å². The second-order valence-electron chi connectivity index (χ2n) is 8.73. The Bertz CT molecular complexity index is 1030. The zero-order chi connectivity index (χ0) is 25.9. The molecule has 192 valence electrons. The lowest BCUT2D eigenvalue weighted by Gasteiger charge is -2.25. The number of hydrogen-bond donors (Lipinski definition) is 6. The maximum atomic E-state index is 13.4. The number of aliphatic hydroxyl groups excluding tert-OH is 1. The van der Waals surface area contributed by atoms with Gasteiger partial charge >= 0.3 is 5.97 Å². The number of aliphatic carboxylic acids is 1. The second kappa shape index (κ2) is 13.4. The average molecular weight is 497 g/mol. The van der Waals surface area contributed by atoms with Gasteiger partial charge in [-0.25, -0.2) is 4.79 Å². The monoisotopic (exact) mass is 496 g/mol. The third-order valence-corrected chi connectivity index (χ3v) is 6.01. The lowest BCUT2D eigenvalue weighted by atomic mass is 10.0. The Morgan fingerprint density at radius 3 is 1.75 bits per heavy atom. The van der Waals surface area contributed by atoms with E-state index in [0.29, 0.717) is 6.42 Å². The molecule has 0 bridgehead atoms. The van der Waals surface area contributed by atoms with Gasteiger partial charge in [0, 0.05) is 12.8 Å². The fraction of sp³-hybridized carbons (Fsp3) is 0.385. The molecule has 1 aliphatic rings. The number of carbonyl (C=O) groups is 4. The lowest BCUT2D eigenvalue weighted by molar-refractivity contribution is -0.143. The maximum Gasteiger partial charge on any atom is 0.328 e. The molecule has 2 aromatic rings. The van der Waals surface area contributed by atoms with Crippen LogP contribution in [0.15, 0.2) is 60.7 Å². The Hall–Kier alpha value is -3.76. The number of nitrogens with one attached hydrogen (secondary N) is 4. The molecule has 3 amide bonds. The molecule has 4 atom stereocenters. The summed E-state index contributed by atoms with van der Waals surface area (Å²) in [4.78, 5) is 50.5. The van der Waals surface area contributed by atoms with Gasteiger partial charge in [-0.2, -0.15) is 0 Å². The van der Waals surface area contributed by atoms with Crippen LogP contribution in [-0.2, 0) is 32.0 Å². The molecule has 6 N–H and O–H groups in total. The fourth-order valence-electron chi connectivity index (χ4n) is 4.03. The molecule has 36 heavy (non-hydrogen) atoms. The van der Waals surface area contributed by atoms with E-state index in [-0.39, 0.29) is 24.8 Å². The van der Waals surface area contributed by atoms with Gasteiger partial charge in [0.15, 0.2) is 0 Å². The third-order valence-electron chi connectivity index (χ3n) is 6.01. The minimum atomic E-state index is -1.51.